The number of aromatic nitrogens is 2. The summed E-state index contributed by atoms with van der Waals surface area (Å²) < 4.78 is 6.96. The summed E-state index contributed by atoms with van der Waals surface area (Å²) in [6.45, 7) is 1.95. The van der Waals surface area contributed by atoms with Crippen molar-refractivity contribution in [2.24, 2.45) is 7.05 Å². The predicted molar refractivity (Wildman–Crippen MR) is 69.6 cm³/mol. The first-order valence-corrected chi connectivity index (χ1v) is 5.91. The minimum atomic E-state index is -0.546. The van der Waals surface area contributed by atoms with E-state index >= 15 is 0 Å². The van der Waals surface area contributed by atoms with E-state index in [2.05, 4.69) is 5.10 Å². The molecule has 0 aliphatic carbocycles. The SMILES string of the molecule is COc1cccc(C(O)Cc2cc(C)nn2C)c1. The second kappa shape index (κ2) is 5.23. The highest BCUT2D eigenvalue weighted by atomic mass is 16.5. The van der Waals surface area contributed by atoms with Crippen molar-refractivity contribution < 1.29 is 9.84 Å². The van der Waals surface area contributed by atoms with Gasteiger partial charge in [-0.3, -0.25) is 4.68 Å². The zero-order valence-corrected chi connectivity index (χ0v) is 10.9. The first-order valence-electron chi connectivity index (χ1n) is 5.91. The number of aliphatic hydroxyl groups is 1. The van der Waals surface area contributed by atoms with Crippen LogP contribution in [-0.4, -0.2) is 22.0 Å². The van der Waals surface area contributed by atoms with E-state index in [1.807, 2.05) is 44.3 Å². The monoisotopic (exact) mass is 246 g/mol. The van der Waals surface area contributed by atoms with Crippen LogP contribution in [0.1, 0.15) is 23.1 Å². The smallest absolute Gasteiger partial charge is 0.119 e. The quantitative estimate of drug-likeness (QED) is 0.897. The lowest BCUT2D eigenvalue weighted by Crippen LogP contribution is -2.06. The standard InChI is InChI=1S/C14H18N2O2/c1-10-7-12(16(2)15-10)9-14(17)11-5-4-6-13(8-11)18-3/h4-8,14,17H,9H2,1-3H3. The molecule has 0 saturated heterocycles. The molecule has 0 bridgehead atoms. The van der Waals surface area contributed by atoms with Crippen molar-refractivity contribution >= 4 is 0 Å². The highest BCUT2D eigenvalue weighted by molar-refractivity contribution is 5.30. The van der Waals surface area contributed by atoms with Crippen LogP contribution in [-0.2, 0) is 13.5 Å². The van der Waals surface area contributed by atoms with Gasteiger partial charge >= 0.3 is 0 Å². The molecule has 18 heavy (non-hydrogen) atoms. The second-order valence-electron chi connectivity index (χ2n) is 4.40. The van der Waals surface area contributed by atoms with Gasteiger partial charge in [-0.05, 0) is 30.7 Å². The number of aryl methyl sites for hydroxylation is 2. The number of rotatable bonds is 4. The van der Waals surface area contributed by atoms with Gasteiger partial charge in [0.15, 0.2) is 0 Å². The molecule has 1 unspecified atom stereocenters. The zero-order chi connectivity index (χ0) is 13.1. The summed E-state index contributed by atoms with van der Waals surface area (Å²) >= 11 is 0. The van der Waals surface area contributed by atoms with Gasteiger partial charge in [-0.2, -0.15) is 5.10 Å². The summed E-state index contributed by atoms with van der Waals surface area (Å²) in [4.78, 5) is 0. The molecule has 1 heterocycles. The Kier molecular flexibility index (Phi) is 3.67. The van der Waals surface area contributed by atoms with Crippen molar-refractivity contribution in [3.63, 3.8) is 0 Å². The molecule has 0 spiro atoms. The molecule has 2 rings (SSSR count). The summed E-state index contributed by atoms with van der Waals surface area (Å²) in [5.74, 6) is 0.757. The maximum absolute atomic E-state index is 10.2. The molecule has 0 saturated carbocycles. The minimum Gasteiger partial charge on any atom is -0.497 e. The lowest BCUT2D eigenvalue weighted by Gasteiger charge is -2.12. The Morgan fingerprint density at radius 3 is 2.78 bits per heavy atom. The van der Waals surface area contributed by atoms with Crippen LogP contribution in [0, 0.1) is 6.92 Å². The van der Waals surface area contributed by atoms with Gasteiger partial charge < -0.3 is 9.84 Å². The maximum atomic E-state index is 10.2. The third kappa shape index (κ3) is 2.71. The maximum Gasteiger partial charge on any atom is 0.119 e. The van der Waals surface area contributed by atoms with Crippen LogP contribution in [0.5, 0.6) is 5.75 Å². The minimum absolute atomic E-state index is 0.546. The average Bonchev–Trinajstić information content (AvgIpc) is 2.68. The summed E-state index contributed by atoms with van der Waals surface area (Å²) in [5.41, 5.74) is 2.83. The number of ether oxygens (including phenoxy) is 1. The molecule has 2 aromatic rings. The fraction of sp³-hybridized carbons (Fsp3) is 0.357. The second-order valence-corrected chi connectivity index (χ2v) is 4.40. The summed E-state index contributed by atoms with van der Waals surface area (Å²) in [5, 5.41) is 14.5. The van der Waals surface area contributed by atoms with Crippen LogP contribution in [0.15, 0.2) is 30.3 Å². The van der Waals surface area contributed by atoms with E-state index in [0.29, 0.717) is 6.42 Å². The van der Waals surface area contributed by atoms with Crippen molar-refractivity contribution in [1.29, 1.82) is 0 Å². The number of benzene rings is 1. The predicted octanol–water partition coefficient (Wildman–Crippen LogP) is 2.01. The lowest BCUT2D eigenvalue weighted by atomic mass is 10.0. The average molecular weight is 246 g/mol. The van der Waals surface area contributed by atoms with E-state index in [1.165, 1.54) is 0 Å². The summed E-state index contributed by atoms with van der Waals surface area (Å²) in [7, 11) is 3.51. The van der Waals surface area contributed by atoms with Crippen LogP contribution >= 0.6 is 0 Å². The van der Waals surface area contributed by atoms with Crippen molar-refractivity contribution in [3.05, 3.63) is 47.3 Å². The fourth-order valence-corrected chi connectivity index (χ4v) is 2.02. The van der Waals surface area contributed by atoms with E-state index in [1.54, 1.807) is 11.8 Å². The van der Waals surface area contributed by atoms with Gasteiger partial charge in [0, 0.05) is 19.2 Å². The normalized spacial score (nSPS) is 12.4. The van der Waals surface area contributed by atoms with Crippen molar-refractivity contribution in [3.8, 4) is 5.75 Å². The Morgan fingerprint density at radius 1 is 1.39 bits per heavy atom. The molecule has 0 aliphatic rings. The number of hydrogen-bond donors (Lipinski definition) is 1. The van der Waals surface area contributed by atoms with E-state index < -0.39 is 6.10 Å². The molecular formula is C14H18N2O2. The molecule has 0 radical (unpaired) electrons. The van der Waals surface area contributed by atoms with Gasteiger partial charge in [0.25, 0.3) is 0 Å². The Bertz CT molecular complexity index is 534. The van der Waals surface area contributed by atoms with E-state index in [4.69, 9.17) is 4.74 Å². The van der Waals surface area contributed by atoms with Crippen LogP contribution < -0.4 is 4.74 Å². The van der Waals surface area contributed by atoms with Gasteiger partial charge in [0.1, 0.15) is 5.75 Å². The van der Waals surface area contributed by atoms with E-state index in [0.717, 1.165) is 22.7 Å². The number of hydrogen-bond acceptors (Lipinski definition) is 3. The Labute approximate surface area is 107 Å². The molecule has 96 valence electrons. The highest BCUT2D eigenvalue weighted by Crippen LogP contribution is 2.22. The van der Waals surface area contributed by atoms with Crippen LogP contribution in [0.2, 0.25) is 0 Å². The van der Waals surface area contributed by atoms with E-state index in [9.17, 15) is 5.11 Å². The number of nitrogens with zero attached hydrogens (tertiary/aromatic N) is 2. The summed E-state index contributed by atoms with van der Waals surface area (Å²) in [6.07, 6.45) is -0.000250. The van der Waals surface area contributed by atoms with Crippen LogP contribution in [0.3, 0.4) is 0 Å². The molecule has 0 fully saturated rings. The molecule has 1 aromatic carbocycles. The molecule has 1 aromatic heterocycles. The third-order valence-corrected chi connectivity index (χ3v) is 2.98. The first-order chi connectivity index (χ1) is 8.60. The number of methoxy groups -OCH3 is 1. The Balaban J connectivity index is 2.16. The fourth-order valence-electron chi connectivity index (χ4n) is 2.02. The van der Waals surface area contributed by atoms with Crippen LogP contribution in [0.25, 0.3) is 0 Å². The molecule has 4 nitrogen and oxygen atoms in total. The van der Waals surface area contributed by atoms with Gasteiger partial charge in [0.2, 0.25) is 0 Å². The van der Waals surface area contributed by atoms with Gasteiger partial charge in [-0.1, -0.05) is 12.1 Å². The summed E-state index contributed by atoms with van der Waals surface area (Å²) in [6, 6.07) is 9.49. The van der Waals surface area contributed by atoms with Gasteiger partial charge in [-0.15, -0.1) is 0 Å². The molecule has 0 amide bonds. The molecule has 0 aliphatic heterocycles. The topological polar surface area (TPSA) is 47.3 Å². The molecule has 1 N–H and O–H groups in total. The third-order valence-electron chi connectivity index (χ3n) is 2.98. The highest BCUT2D eigenvalue weighted by Gasteiger charge is 2.12. The molecular weight excluding hydrogens is 228 g/mol. The van der Waals surface area contributed by atoms with Crippen molar-refractivity contribution in [2.45, 2.75) is 19.4 Å². The Morgan fingerprint density at radius 2 is 2.17 bits per heavy atom. The Hall–Kier alpha value is -1.81. The van der Waals surface area contributed by atoms with Crippen LogP contribution in [0.4, 0.5) is 0 Å². The van der Waals surface area contributed by atoms with Gasteiger partial charge in [0.05, 0.1) is 18.9 Å². The van der Waals surface area contributed by atoms with Crippen molar-refractivity contribution in [2.75, 3.05) is 7.11 Å². The van der Waals surface area contributed by atoms with E-state index in [-0.39, 0.29) is 0 Å². The lowest BCUT2D eigenvalue weighted by molar-refractivity contribution is 0.175. The first kappa shape index (κ1) is 12.6. The molecule has 1 atom stereocenters. The zero-order valence-electron chi connectivity index (χ0n) is 10.9. The number of aliphatic hydroxyl groups excluding tert-OH is 1. The molecule has 4 heteroatoms. The largest absolute Gasteiger partial charge is 0.497 e. The van der Waals surface area contributed by atoms with Crippen molar-refractivity contribution in [1.82, 2.24) is 9.78 Å². The van der Waals surface area contributed by atoms with Gasteiger partial charge in [-0.25, -0.2) is 0 Å².